The van der Waals surface area contributed by atoms with Crippen LogP contribution in [0.15, 0.2) is 0 Å². The predicted molar refractivity (Wildman–Crippen MR) is 71.7 cm³/mol. The van der Waals surface area contributed by atoms with Crippen LogP contribution in [0.4, 0.5) is 0 Å². The Morgan fingerprint density at radius 1 is 1.41 bits per heavy atom. The highest BCUT2D eigenvalue weighted by molar-refractivity contribution is 4.90. The SMILES string of the molecule is CCCNC(C#N)CCN(CC1CC1)C(C)C. The van der Waals surface area contributed by atoms with E-state index in [9.17, 15) is 0 Å². The van der Waals surface area contributed by atoms with Gasteiger partial charge in [0.15, 0.2) is 0 Å². The third-order valence-corrected chi connectivity index (χ3v) is 3.42. The quantitative estimate of drug-likeness (QED) is 0.669. The average molecular weight is 237 g/mol. The molecule has 3 nitrogen and oxygen atoms in total. The van der Waals surface area contributed by atoms with Gasteiger partial charge in [0, 0.05) is 19.1 Å². The van der Waals surface area contributed by atoms with Gasteiger partial charge in [0.05, 0.1) is 12.1 Å². The van der Waals surface area contributed by atoms with Crippen LogP contribution in [0.2, 0.25) is 0 Å². The molecule has 0 radical (unpaired) electrons. The molecular weight excluding hydrogens is 210 g/mol. The second-order valence-electron chi connectivity index (χ2n) is 5.46. The lowest BCUT2D eigenvalue weighted by atomic mass is 10.2. The van der Waals surface area contributed by atoms with E-state index in [1.165, 1.54) is 19.4 Å². The van der Waals surface area contributed by atoms with E-state index in [2.05, 4.69) is 37.1 Å². The topological polar surface area (TPSA) is 39.1 Å². The van der Waals surface area contributed by atoms with Gasteiger partial charge in [0.2, 0.25) is 0 Å². The average Bonchev–Trinajstić information content (AvgIpc) is 3.11. The Hall–Kier alpha value is -0.590. The molecule has 0 aromatic rings. The second-order valence-corrected chi connectivity index (χ2v) is 5.46. The van der Waals surface area contributed by atoms with E-state index >= 15 is 0 Å². The lowest BCUT2D eigenvalue weighted by Gasteiger charge is -2.27. The van der Waals surface area contributed by atoms with Crippen molar-refractivity contribution in [3.8, 4) is 6.07 Å². The van der Waals surface area contributed by atoms with Crippen LogP contribution in [0.5, 0.6) is 0 Å². The summed E-state index contributed by atoms with van der Waals surface area (Å²) in [6.07, 6.45) is 4.84. The maximum Gasteiger partial charge on any atom is 0.0965 e. The summed E-state index contributed by atoms with van der Waals surface area (Å²) in [5.74, 6) is 0.932. The van der Waals surface area contributed by atoms with Gasteiger partial charge in [-0.25, -0.2) is 0 Å². The molecule has 1 rings (SSSR count). The summed E-state index contributed by atoms with van der Waals surface area (Å²) >= 11 is 0. The summed E-state index contributed by atoms with van der Waals surface area (Å²) in [5.41, 5.74) is 0. The lowest BCUT2D eigenvalue weighted by Crippen LogP contribution is -2.38. The van der Waals surface area contributed by atoms with Crippen molar-refractivity contribution >= 4 is 0 Å². The molecule has 1 N–H and O–H groups in total. The van der Waals surface area contributed by atoms with Crippen molar-refractivity contribution < 1.29 is 0 Å². The first-order valence-corrected chi connectivity index (χ1v) is 7.04. The second kappa shape index (κ2) is 7.68. The molecule has 0 bridgehead atoms. The molecule has 0 aromatic carbocycles. The number of hydrogen-bond donors (Lipinski definition) is 1. The van der Waals surface area contributed by atoms with Gasteiger partial charge in [-0.15, -0.1) is 0 Å². The van der Waals surface area contributed by atoms with Gasteiger partial charge in [-0.3, -0.25) is 0 Å². The van der Waals surface area contributed by atoms with Crippen LogP contribution in [0.25, 0.3) is 0 Å². The van der Waals surface area contributed by atoms with Gasteiger partial charge in [0.25, 0.3) is 0 Å². The molecule has 0 spiro atoms. The van der Waals surface area contributed by atoms with E-state index in [0.29, 0.717) is 6.04 Å². The summed E-state index contributed by atoms with van der Waals surface area (Å²) in [4.78, 5) is 2.52. The zero-order valence-electron chi connectivity index (χ0n) is 11.6. The molecule has 1 aliphatic rings. The zero-order chi connectivity index (χ0) is 12.7. The number of rotatable bonds is 9. The van der Waals surface area contributed by atoms with Crippen molar-refractivity contribution in [3.63, 3.8) is 0 Å². The van der Waals surface area contributed by atoms with Crippen LogP contribution in [-0.2, 0) is 0 Å². The number of nitrogens with one attached hydrogen (secondary N) is 1. The van der Waals surface area contributed by atoms with Crippen LogP contribution in [0, 0.1) is 17.2 Å². The van der Waals surface area contributed by atoms with Gasteiger partial charge in [-0.1, -0.05) is 6.92 Å². The van der Waals surface area contributed by atoms with Gasteiger partial charge in [-0.2, -0.15) is 5.26 Å². The summed E-state index contributed by atoms with van der Waals surface area (Å²) in [5, 5.41) is 12.4. The normalized spacial score (nSPS) is 17.4. The molecule has 0 amide bonds. The lowest BCUT2D eigenvalue weighted by molar-refractivity contribution is 0.205. The Labute approximate surface area is 106 Å². The van der Waals surface area contributed by atoms with Crippen molar-refractivity contribution in [1.29, 1.82) is 5.26 Å². The van der Waals surface area contributed by atoms with Crippen LogP contribution in [-0.4, -0.2) is 36.6 Å². The van der Waals surface area contributed by atoms with Crippen LogP contribution < -0.4 is 5.32 Å². The largest absolute Gasteiger partial charge is 0.302 e. The maximum absolute atomic E-state index is 9.07. The van der Waals surface area contributed by atoms with Crippen LogP contribution in [0.3, 0.4) is 0 Å². The highest BCUT2D eigenvalue weighted by Crippen LogP contribution is 2.30. The van der Waals surface area contributed by atoms with E-state index in [0.717, 1.165) is 31.8 Å². The van der Waals surface area contributed by atoms with Gasteiger partial charge < -0.3 is 10.2 Å². The highest BCUT2D eigenvalue weighted by atomic mass is 15.2. The standard InChI is InChI=1S/C14H27N3/c1-4-8-16-14(10-15)7-9-17(12(2)3)11-13-5-6-13/h12-14,16H,4-9,11H2,1-3H3. The zero-order valence-corrected chi connectivity index (χ0v) is 11.6. The molecule has 3 heteroatoms. The predicted octanol–water partition coefficient (Wildman–Crippen LogP) is 2.39. The smallest absolute Gasteiger partial charge is 0.0965 e. The van der Waals surface area contributed by atoms with Crippen molar-refractivity contribution in [1.82, 2.24) is 10.2 Å². The molecule has 1 atom stereocenters. The van der Waals surface area contributed by atoms with Crippen molar-refractivity contribution in [2.75, 3.05) is 19.6 Å². The Bertz CT molecular complexity index is 240. The third-order valence-electron chi connectivity index (χ3n) is 3.42. The molecule has 1 aliphatic carbocycles. The summed E-state index contributed by atoms with van der Waals surface area (Å²) < 4.78 is 0. The summed E-state index contributed by atoms with van der Waals surface area (Å²) in [6, 6.07) is 2.98. The van der Waals surface area contributed by atoms with E-state index in [-0.39, 0.29) is 6.04 Å². The fourth-order valence-corrected chi connectivity index (χ4v) is 2.02. The Kier molecular flexibility index (Phi) is 6.54. The first kappa shape index (κ1) is 14.5. The molecule has 0 aliphatic heterocycles. The maximum atomic E-state index is 9.07. The summed E-state index contributed by atoms with van der Waals surface area (Å²) in [7, 11) is 0. The molecular formula is C14H27N3. The first-order valence-electron chi connectivity index (χ1n) is 7.04. The minimum Gasteiger partial charge on any atom is -0.302 e. The third kappa shape index (κ3) is 6.05. The Morgan fingerprint density at radius 3 is 2.59 bits per heavy atom. The van der Waals surface area contributed by atoms with Crippen molar-refractivity contribution in [2.45, 2.75) is 58.5 Å². The molecule has 98 valence electrons. The number of hydrogen-bond acceptors (Lipinski definition) is 3. The van der Waals surface area contributed by atoms with Gasteiger partial charge in [0.1, 0.15) is 0 Å². The Balaban J connectivity index is 2.25. The van der Waals surface area contributed by atoms with Gasteiger partial charge in [-0.05, 0) is 52.0 Å². The van der Waals surface area contributed by atoms with Crippen LogP contribution in [0.1, 0.15) is 46.5 Å². The van der Waals surface area contributed by atoms with E-state index < -0.39 is 0 Å². The molecule has 1 fully saturated rings. The monoisotopic (exact) mass is 237 g/mol. The van der Waals surface area contributed by atoms with Crippen LogP contribution >= 0.6 is 0 Å². The molecule has 0 aromatic heterocycles. The minimum atomic E-state index is 0.0235. The highest BCUT2D eigenvalue weighted by Gasteiger charge is 2.25. The Morgan fingerprint density at radius 2 is 2.12 bits per heavy atom. The molecule has 1 saturated carbocycles. The van der Waals surface area contributed by atoms with E-state index in [4.69, 9.17) is 5.26 Å². The van der Waals surface area contributed by atoms with E-state index in [1.807, 2.05) is 0 Å². The molecule has 17 heavy (non-hydrogen) atoms. The molecule has 0 heterocycles. The number of nitriles is 1. The molecule has 0 saturated heterocycles. The minimum absolute atomic E-state index is 0.0235. The van der Waals surface area contributed by atoms with Gasteiger partial charge >= 0.3 is 0 Å². The first-order chi connectivity index (χ1) is 8.17. The summed E-state index contributed by atoms with van der Waals surface area (Å²) in [6.45, 7) is 9.86. The van der Waals surface area contributed by atoms with Crippen molar-refractivity contribution in [2.24, 2.45) is 5.92 Å². The fraction of sp³-hybridized carbons (Fsp3) is 0.929. The fourth-order valence-electron chi connectivity index (χ4n) is 2.02. The number of nitrogens with zero attached hydrogens (tertiary/aromatic N) is 2. The van der Waals surface area contributed by atoms with Crippen molar-refractivity contribution in [3.05, 3.63) is 0 Å². The van der Waals surface area contributed by atoms with E-state index in [1.54, 1.807) is 0 Å². The molecule has 1 unspecified atom stereocenters.